The lowest BCUT2D eigenvalue weighted by molar-refractivity contribution is 0.506. The minimum Gasteiger partial charge on any atom is -0.286 e. The molecule has 0 aliphatic heterocycles. The molecule has 0 saturated heterocycles. The third-order valence-electron chi connectivity index (χ3n) is 7.32. The van der Waals surface area contributed by atoms with Gasteiger partial charge in [0.05, 0.1) is 11.4 Å². The second-order valence-corrected chi connectivity index (χ2v) is 9.93. The maximum atomic E-state index is 4.67. The van der Waals surface area contributed by atoms with E-state index in [0.717, 1.165) is 35.4 Å². The maximum Gasteiger partial charge on any atom is 0.0907 e. The lowest BCUT2D eigenvalue weighted by Crippen LogP contribution is -2.21. The molecule has 0 aromatic heterocycles. The second kappa shape index (κ2) is 9.40. The van der Waals surface area contributed by atoms with Crippen LogP contribution in [0.25, 0.3) is 11.1 Å². The van der Waals surface area contributed by atoms with Gasteiger partial charge in [-0.1, -0.05) is 102 Å². The fourth-order valence-corrected chi connectivity index (χ4v) is 4.11. The summed E-state index contributed by atoms with van der Waals surface area (Å²) in [4.78, 5) is 9.34. The Kier molecular flexibility index (Phi) is 7.03. The summed E-state index contributed by atoms with van der Waals surface area (Å²) in [5.41, 5.74) is 9.61. The second-order valence-electron chi connectivity index (χ2n) is 9.93. The van der Waals surface area contributed by atoms with Crippen molar-refractivity contribution in [3.05, 3.63) is 82.9 Å². The molecule has 0 saturated carbocycles. The van der Waals surface area contributed by atoms with Crippen LogP contribution in [0.1, 0.15) is 76.6 Å². The number of rotatable bonds is 6. The summed E-state index contributed by atoms with van der Waals surface area (Å²) in [7, 11) is 3.72. The molecule has 0 amide bonds. The Bertz CT molecular complexity index is 983. The number of hydrogen-bond donors (Lipinski definition) is 0. The lowest BCUT2D eigenvalue weighted by atomic mass is 9.80. The molecule has 1 aliphatic rings. The average molecular weight is 427 g/mol. The van der Waals surface area contributed by atoms with Crippen LogP contribution < -0.4 is 0 Å². The van der Waals surface area contributed by atoms with E-state index in [1.807, 2.05) is 14.1 Å². The highest BCUT2D eigenvalue weighted by molar-refractivity contribution is 6.69. The molecular formula is C30H38N2. The van der Waals surface area contributed by atoms with Gasteiger partial charge in [0.2, 0.25) is 0 Å². The minimum atomic E-state index is 0.183. The number of allylic oxidation sites excluding steroid dienone is 4. The van der Waals surface area contributed by atoms with Gasteiger partial charge in [0.25, 0.3) is 0 Å². The molecule has 0 bridgehead atoms. The predicted octanol–water partition coefficient (Wildman–Crippen LogP) is 7.68. The van der Waals surface area contributed by atoms with Crippen molar-refractivity contribution in [1.82, 2.24) is 0 Å². The van der Waals surface area contributed by atoms with Crippen LogP contribution in [0.2, 0.25) is 0 Å². The van der Waals surface area contributed by atoms with E-state index in [1.54, 1.807) is 0 Å². The molecule has 168 valence electrons. The largest absolute Gasteiger partial charge is 0.286 e. The van der Waals surface area contributed by atoms with E-state index in [-0.39, 0.29) is 10.8 Å². The van der Waals surface area contributed by atoms with Crippen LogP contribution in [0.15, 0.2) is 70.7 Å². The number of aliphatic imine (C=N–C) groups is 2. The van der Waals surface area contributed by atoms with Crippen LogP contribution in [-0.2, 0) is 10.8 Å². The summed E-state index contributed by atoms with van der Waals surface area (Å²) in [6, 6.07) is 17.9. The standard InChI is InChI=1S/C30H38N2/c1-9-29(3,4)23-15-11-21(12-16-23)25-19-20-26(28(32-8)27(25)31-7)22-13-17-24(18-14-22)30(5,6)10-2/h11-20H,9-10H2,1-8H3/b31-27-,32-28-. The van der Waals surface area contributed by atoms with Crippen molar-refractivity contribution in [2.45, 2.75) is 65.2 Å². The van der Waals surface area contributed by atoms with Crippen molar-refractivity contribution in [3.8, 4) is 0 Å². The normalized spacial score (nSPS) is 17.5. The van der Waals surface area contributed by atoms with E-state index < -0.39 is 0 Å². The Labute approximate surface area is 194 Å². The topological polar surface area (TPSA) is 24.7 Å². The fourth-order valence-electron chi connectivity index (χ4n) is 4.11. The molecule has 0 heterocycles. The van der Waals surface area contributed by atoms with Crippen LogP contribution in [0.5, 0.6) is 0 Å². The van der Waals surface area contributed by atoms with E-state index in [2.05, 4.69) is 112 Å². The summed E-state index contributed by atoms with van der Waals surface area (Å²) >= 11 is 0. The molecule has 0 spiro atoms. The van der Waals surface area contributed by atoms with Crippen LogP contribution in [0.4, 0.5) is 0 Å². The molecule has 0 fully saturated rings. The molecule has 1 aliphatic carbocycles. The molecule has 0 radical (unpaired) electrons. The van der Waals surface area contributed by atoms with Crippen LogP contribution >= 0.6 is 0 Å². The quantitative estimate of drug-likeness (QED) is 0.423. The minimum absolute atomic E-state index is 0.183. The molecule has 32 heavy (non-hydrogen) atoms. The maximum absolute atomic E-state index is 4.67. The Morgan fingerprint density at radius 3 is 1.12 bits per heavy atom. The summed E-state index contributed by atoms with van der Waals surface area (Å²) in [6.07, 6.45) is 6.61. The third kappa shape index (κ3) is 4.55. The Morgan fingerprint density at radius 2 is 0.875 bits per heavy atom. The zero-order valence-electron chi connectivity index (χ0n) is 21.1. The molecule has 2 nitrogen and oxygen atoms in total. The van der Waals surface area contributed by atoms with E-state index in [9.17, 15) is 0 Å². The van der Waals surface area contributed by atoms with Crippen LogP contribution in [0, 0.1) is 0 Å². The summed E-state index contributed by atoms with van der Waals surface area (Å²) in [5.74, 6) is 0. The summed E-state index contributed by atoms with van der Waals surface area (Å²) in [5, 5.41) is 0. The number of nitrogens with zero attached hydrogens (tertiary/aromatic N) is 2. The van der Waals surface area contributed by atoms with E-state index in [4.69, 9.17) is 0 Å². The van der Waals surface area contributed by atoms with Crippen molar-refractivity contribution in [1.29, 1.82) is 0 Å². The monoisotopic (exact) mass is 426 g/mol. The summed E-state index contributed by atoms with van der Waals surface area (Å²) < 4.78 is 0. The Balaban J connectivity index is 2.01. The number of hydrogen-bond acceptors (Lipinski definition) is 2. The van der Waals surface area contributed by atoms with Crippen LogP contribution in [-0.4, -0.2) is 25.5 Å². The molecule has 2 aromatic rings. The van der Waals surface area contributed by atoms with Gasteiger partial charge in [-0.2, -0.15) is 0 Å². The molecule has 0 unspecified atom stereocenters. The summed E-state index contributed by atoms with van der Waals surface area (Å²) in [6.45, 7) is 13.7. The first-order valence-electron chi connectivity index (χ1n) is 11.8. The van der Waals surface area contributed by atoms with Gasteiger partial charge >= 0.3 is 0 Å². The van der Waals surface area contributed by atoms with Crippen molar-refractivity contribution in [2.24, 2.45) is 9.98 Å². The lowest BCUT2D eigenvalue weighted by Gasteiger charge is -2.25. The first-order valence-corrected chi connectivity index (χ1v) is 11.8. The molecule has 0 atom stereocenters. The molecule has 2 heteroatoms. The van der Waals surface area contributed by atoms with Gasteiger partial charge in [0.1, 0.15) is 0 Å². The van der Waals surface area contributed by atoms with Gasteiger partial charge in [-0.05, 0) is 45.9 Å². The van der Waals surface area contributed by atoms with Crippen molar-refractivity contribution >= 4 is 22.6 Å². The van der Waals surface area contributed by atoms with Crippen molar-refractivity contribution < 1.29 is 0 Å². The zero-order valence-corrected chi connectivity index (χ0v) is 21.1. The number of benzene rings is 2. The predicted molar refractivity (Wildman–Crippen MR) is 142 cm³/mol. The highest BCUT2D eigenvalue weighted by Gasteiger charge is 2.25. The van der Waals surface area contributed by atoms with Crippen LogP contribution in [0.3, 0.4) is 0 Å². The molecular weight excluding hydrogens is 388 g/mol. The SMILES string of the molecule is CCC(C)(C)c1ccc(C2=CC=C(c3ccc(C(C)(C)CC)cc3)C(=N/C)/C2=N\C)cc1. The smallest absolute Gasteiger partial charge is 0.0907 e. The molecule has 2 aromatic carbocycles. The molecule has 3 rings (SSSR count). The highest BCUT2D eigenvalue weighted by atomic mass is 14.8. The van der Waals surface area contributed by atoms with Gasteiger partial charge in [0.15, 0.2) is 0 Å². The fraction of sp³-hybridized carbons (Fsp3) is 0.400. The first kappa shape index (κ1) is 23.9. The van der Waals surface area contributed by atoms with Gasteiger partial charge in [-0.25, -0.2) is 0 Å². The van der Waals surface area contributed by atoms with Gasteiger partial charge in [-0.3, -0.25) is 9.98 Å². The van der Waals surface area contributed by atoms with E-state index >= 15 is 0 Å². The van der Waals surface area contributed by atoms with Crippen molar-refractivity contribution in [2.75, 3.05) is 14.1 Å². The van der Waals surface area contributed by atoms with Crippen molar-refractivity contribution in [3.63, 3.8) is 0 Å². The van der Waals surface area contributed by atoms with E-state index in [0.29, 0.717) is 0 Å². The molecule has 0 N–H and O–H groups in total. The van der Waals surface area contributed by atoms with Gasteiger partial charge < -0.3 is 0 Å². The Morgan fingerprint density at radius 1 is 0.562 bits per heavy atom. The van der Waals surface area contributed by atoms with E-state index in [1.165, 1.54) is 22.3 Å². The van der Waals surface area contributed by atoms with Gasteiger partial charge in [0, 0.05) is 25.2 Å². The zero-order chi connectivity index (χ0) is 23.5. The first-order chi connectivity index (χ1) is 15.2. The average Bonchev–Trinajstić information content (AvgIpc) is 2.83. The third-order valence-corrected chi connectivity index (χ3v) is 7.32. The van der Waals surface area contributed by atoms with Gasteiger partial charge in [-0.15, -0.1) is 0 Å². The Hall–Kier alpha value is -2.74. The highest BCUT2D eigenvalue weighted by Crippen LogP contribution is 2.33.